The maximum absolute atomic E-state index is 12.0. The standard InChI is InChI=1S/C11H12N6O4S/c1-5-6(11(20)21)2-17-9(19)8(10(17)22-5)13-7(18)3-16-4-12-14-15-16/h2,4-5,8,10H,3H2,1H3,(H,13,18)(H,20,21)/t5?,8?,10-/m1/s1. The number of carbonyl (C=O) groups excluding carboxylic acids is 2. The van der Waals surface area contributed by atoms with Gasteiger partial charge in [-0.25, -0.2) is 9.48 Å². The average Bonchev–Trinajstić information content (AvgIpc) is 2.96. The number of carboxylic acids is 1. The number of carboxylic acid groups (broad SMARTS) is 1. The van der Waals surface area contributed by atoms with Gasteiger partial charge in [0.15, 0.2) is 0 Å². The molecule has 0 aliphatic carbocycles. The Labute approximate surface area is 128 Å². The zero-order valence-corrected chi connectivity index (χ0v) is 12.2. The Bertz CT molecular complexity index is 660. The largest absolute Gasteiger partial charge is 0.478 e. The van der Waals surface area contributed by atoms with Crippen LogP contribution in [0.2, 0.25) is 0 Å². The van der Waals surface area contributed by atoms with Gasteiger partial charge in [0.1, 0.15) is 24.3 Å². The molecule has 1 aromatic rings. The van der Waals surface area contributed by atoms with Gasteiger partial charge in [0.2, 0.25) is 5.91 Å². The molecule has 3 rings (SSSR count). The molecule has 2 N–H and O–H groups in total. The fourth-order valence-electron chi connectivity index (χ4n) is 2.29. The van der Waals surface area contributed by atoms with E-state index in [1.165, 1.54) is 33.9 Å². The summed E-state index contributed by atoms with van der Waals surface area (Å²) < 4.78 is 1.25. The van der Waals surface area contributed by atoms with E-state index in [0.717, 1.165) is 0 Å². The fraction of sp³-hybridized carbons (Fsp3) is 0.455. The summed E-state index contributed by atoms with van der Waals surface area (Å²) in [6.45, 7) is 1.67. The van der Waals surface area contributed by atoms with Crippen LogP contribution in [0, 0.1) is 0 Å². The van der Waals surface area contributed by atoms with Gasteiger partial charge in [-0.1, -0.05) is 0 Å². The number of β-lactam (4-membered cyclic amide) rings is 1. The van der Waals surface area contributed by atoms with Crippen molar-refractivity contribution < 1.29 is 19.5 Å². The SMILES string of the molecule is CC1S[C@@H]2C(NC(=O)Cn3cnnn3)C(=O)N2C=C1C(=O)O. The summed E-state index contributed by atoms with van der Waals surface area (Å²) >= 11 is 1.33. The summed E-state index contributed by atoms with van der Waals surface area (Å²) in [4.78, 5) is 36.3. The average molecular weight is 324 g/mol. The second kappa shape index (κ2) is 5.40. The second-order valence-corrected chi connectivity index (χ2v) is 6.32. The lowest BCUT2D eigenvalue weighted by Crippen LogP contribution is -2.69. The summed E-state index contributed by atoms with van der Waals surface area (Å²) in [6, 6.07) is -0.664. The van der Waals surface area contributed by atoms with Crippen molar-refractivity contribution in [2.75, 3.05) is 0 Å². The van der Waals surface area contributed by atoms with Crippen LogP contribution >= 0.6 is 11.8 Å². The molecule has 3 heterocycles. The molecule has 0 bridgehead atoms. The molecule has 0 spiro atoms. The van der Waals surface area contributed by atoms with E-state index in [4.69, 9.17) is 5.11 Å². The molecule has 3 atom stereocenters. The maximum Gasteiger partial charge on any atom is 0.334 e. The maximum atomic E-state index is 12.0. The van der Waals surface area contributed by atoms with Crippen molar-refractivity contribution in [3.05, 3.63) is 18.1 Å². The molecule has 0 aromatic carbocycles. The van der Waals surface area contributed by atoms with E-state index in [-0.39, 0.29) is 34.6 Å². The van der Waals surface area contributed by atoms with Gasteiger partial charge >= 0.3 is 5.97 Å². The number of aromatic nitrogens is 4. The van der Waals surface area contributed by atoms with E-state index in [1.54, 1.807) is 6.92 Å². The molecule has 116 valence electrons. The summed E-state index contributed by atoms with van der Waals surface area (Å²) in [7, 11) is 0. The lowest BCUT2D eigenvalue weighted by atomic mass is 10.1. The topological polar surface area (TPSA) is 130 Å². The summed E-state index contributed by atoms with van der Waals surface area (Å²) in [6.07, 6.45) is 2.65. The molecular formula is C11H12N6O4S. The highest BCUT2D eigenvalue weighted by Crippen LogP contribution is 2.40. The van der Waals surface area contributed by atoms with E-state index in [1.807, 2.05) is 0 Å². The molecule has 0 saturated carbocycles. The molecule has 2 aliphatic heterocycles. The van der Waals surface area contributed by atoms with E-state index < -0.39 is 12.0 Å². The van der Waals surface area contributed by atoms with E-state index in [0.29, 0.717) is 0 Å². The Morgan fingerprint density at radius 2 is 2.27 bits per heavy atom. The fourth-order valence-corrected chi connectivity index (χ4v) is 3.65. The third-order valence-corrected chi connectivity index (χ3v) is 4.84. The van der Waals surface area contributed by atoms with Crippen LogP contribution in [-0.4, -0.2) is 64.7 Å². The Balaban J connectivity index is 1.65. The molecule has 1 aromatic heterocycles. The van der Waals surface area contributed by atoms with Crippen molar-refractivity contribution in [1.82, 2.24) is 30.4 Å². The summed E-state index contributed by atoms with van der Waals surface area (Å²) in [5.74, 6) is -1.75. The molecule has 1 fully saturated rings. The number of nitrogens with zero attached hydrogens (tertiary/aromatic N) is 5. The summed E-state index contributed by atoms with van der Waals surface area (Å²) in [5, 5.41) is 21.5. The first kappa shape index (κ1) is 14.5. The number of nitrogens with one attached hydrogen (secondary N) is 1. The number of amides is 2. The van der Waals surface area contributed by atoms with Crippen molar-refractivity contribution in [3.8, 4) is 0 Å². The summed E-state index contributed by atoms with van der Waals surface area (Å²) in [5.41, 5.74) is 0.174. The van der Waals surface area contributed by atoms with Gasteiger partial charge in [0.25, 0.3) is 5.91 Å². The van der Waals surface area contributed by atoms with Crippen LogP contribution in [0.1, 0.15) is 6.92 Å². The third kappa shape index (κ3) is 2.43. The van der Waals surface area contributed by atoms with Gasteiger partial charge in [-0.15, -0.1) is 16.9 Å². The number of hydrogen-bond acceptors (Lipinski definition) is 7. The highest BCUT2D eigenvalue weighted by atomic mass is 32.2. The zero-order chi connectivity index (χ0) is 15.9. The minimum Gasteiger partial charge on any atom is -0.478 e. The molecule has 2 aliphatic rings. The van der Waals surface area contributed by atoms with Crippen molar-refractivity contribution in [2.45, 2.75) is 30.1 Å². The van der Waals surface area contributed by atoms with Gasteiger partial charge in [0.05, 0.1) is 5.57 Å². The van der Waals surface area contributed by atoms with E-state index in [2.05, 4.69) is 20.8 Å². The monoisotopic (exact) mass is 324 g/mol. The second-order valence-electron chi connectivity index (χ2n) is 4.86. The van der Waals surface area contributed by atoms with Crippen molar-refractivity contribution >= 4 is 29.5 Å². The highest BCUT2D eigenvalue weighted by molar-refractivity contribution is 8.00. The number of rotatable bonds is 4. The van der Waals surface area contributed by atoms with Crippen molar-refractivity contribution in [2.24, 2.45) is 0 Å². The normalized spacial score (nSPS) is 26.8. The number of thioether (sulfide) groups is 1. The first-order valence-corrected chi connectivity index (χ1v) is 7.34. The Morgan fingerprint density at radius 1 is 1.50 bits per heavy atom. The van der Waals surface area contributed by atoms with Crippen LogP contribution in [-0.2, 0) is 20.9 Å². The van der Waals surface area contributed by atoms with Crippen LogP contribution < -0.4 is 5.32 Å². The van der Waals surface area contributed by atoms with Crippen molar-refractivity contribution in [3.63, 3.8) is 0 Å². The smallest absolute Gasteiger partial charge is 0.334 e. The third-order valence-electron chi connectivity index (χ3n) is 3.40. The molecule has 1 saturated heterocycles. The molecule has 2 amide bonds. The highest BCUT2D eigenvalue weighted by Gasteiger charge is 2.51. The molecule has 11 heteroatoms. The Kier molecular flexibility index (Phi) is 3.56. The van der Waals surface area contributed by atoms with Gasteiger partial charge in [0, 0.05) is 11.4 Å². The van der Waals surface area contributed by atoms with Gasteiger partial charge < -0.3 is 15.3 Å². The lowest BCUT2D eigenvalue weighted by molar-refractivity contribution is -0.145. The Hall–Kier alpha value is -2.43. The number of tetrazole rings is 1. The molecule has 22 heavy (non-hydrogen) atoms. The van der Waals surface area contributed by atoms with Crippen LogP contribution in [0.5, 0.6) is 0 Å². The van der Waals surface area contributed by atoms with Crippen LogP contribution in [0.15, 0.2) is 18.1 Å². The minimum absolute atomic E-state index is 0.0834. The zero-order valence-electron chi connectivity index (χ0n) is 11.4. The van der Waals surface area contributed by atoms with E-state index >= 15 is 0 Å². The predicted molar refractivity (Wildman–Crippen MR) is 73.2 cm³/mol. The number of carbonyl (C=O) groups is 3. The lowest BCUT2D eigenvalue weighted by Gasteiger charge is -2.48. The minimum atomic E-state index is -1.04. The van der Waals surface area contributed by atoms with Crippen LogP contribution in [0.25, 0.3) is 0 Å². The first-order chi connectivity index (χ1) is 10.5. The Morgan fingerprint density at radius 3 is 2.91 bits per heavy atom. The van der Waals surface area contributed by atoms with E-state index in [9.17, 15) is 14.4 Å². The van der Waals surface area contributed by atoms with Crippen LogP contribution in [0.4, 0.5) is 0 Å². The van der Waals surface area contributed by atoms with Gasteiger partial charge in [-0.05, 0) is 17.4 Å². The number of aliphatic carboxylic acids is 1. The quantitative estimate of drug-likeness (QED) is 0.635. The predicted octanol–water partition coefficient (Wildman–Crippen LogP) is -1.57. The van der Waals surface area contributed by atoms with Crippen LogP contribution in [0.3, 0.4) is 0 Å². The van der Waals surface area contributed by atoms with Gasteiger partial charge in [-0.2, -0.15) is 0 Å². The van der Waals surface area contributed by atoms with Crippen molar-refractivity contribution in [1.29, 1.82) is 0 Å². The first-order valence-electron chi connectivity index (χ1n) is 6.40. The number of fused-ring (bicyclic) bond motifs is 1. The molecule has 10 nitrogen and oxygen atoms in total. The van der Waals surface area contributed by atoms with Gasteiger partial charge in [-0.3, -0.25) is 9.59 Å². The number of hydrogen-bond donors (Lipinski definition) is 2. The molecular weight excluding hydrogens is 312 g/mol. The molecule has 2 unspecified atom stereocenters. The molecule has 0 radical (unpaired) electrons.